The first-order valence-electron chi connectivity index (χ1n) is 5.96. The molecule has 6 heteroatoms. The van der Waals surface area contributed by atoms with Crippen molar-refractivity contribution < 1.29 is 14.0 Å². The van der Waals surface area contributed by atoms with Crippen LogP contribution in [0.2, 0.25) is 5.02 Å². The Bertz CT molecular complexity index is 531. The zero-order chi connectivity index (χ0) is 14.0. The quantitative estimate of drug-likeness (QED) is 0.926. The Morgan fingerprint density at radius 1 is 1.58 bits per heavy atom. The standard InChI is InChI=1S/C13H14ClFN2O2/c1-7(2)12-6-11(17-19-12)13(18)16-8-3-4-10(15)9(14)5-8/h3-5,7,12H,6H2,1-2H3,(H,16,18). The fourth-order valence-corrected chi connectivity index (χ4v) is 1.85. The van der Waals surface area contributed by atoms with Gasteiger partial charge in [0.1, 0.15) is 17.6 Å². The maximum atomic E-state index is 13.0. The van der Waals surface area contributed by atoms with E-state index < -0.39 is 5.82 Å². The van der Waals surface area contributed by atoms with Crippen molar-refractivity contribution in [3.63, 3.8) is 0 Å². The normalized spacial score (nSPS) is 18.2. The molecule has 1 aliphatic heterocycles. The number of nitrogens with zero attached hydrogens (tertiary/aromatic N) is 1. The molecular weight excluding hydrogens is 271 g/mol. The number of amides is 1. The van der Waals surface area contributed by atoms with Gasteiger partial charge in [0, 0.05) is 12.1 Å². The number of rotatable bonds is 3. The van der Waals surface area contributed by atoms with E-state index >= 15 is 0 Å². The van der Waals surface area contributed by atoms with Gasteiger partial charge in [0.05, 0.1) is 5.02 Å². The molecule has 0 aromatic heterocycles. The molecule has 0 saturated carbocycles. The molecule has 1 aliphatic rings. The van der Waals surface area contributed by atoms with E-state index in [1.807, 2.05) is 13.8 Å². The highest BCUT2D eigenvalue weighted by Crippen LogP contribution is 2.21. The maximum Gasteiger partial charge on any atom is 0.273 e. The van der Waals surface area contributed by atoms with E-state index in [1.165, 1.54) is 18.2 Å². The van der Waals surface area contributed by atoms with Crippen LogP contribution in [0.25, 0.3) is 0 Å². The first-order chi connectivity index (χ1) is 8.97. The summed E-state index contributed by atoms with van der Waals surface area (Å²) in [5.74, 6) is -0.596. The smallest absolute Gasteiger partial charge is 0.273 e. The second-order valence-electron chi connectivity index (χ2n) is 4.71. The van der Waals surface area contributed by atoms with Gasteiger partial charge in [0.2, 0.25) is 0 Å². The zero-order valence-electron chi connectivity index (χ0n) is 10.6. The zero-order valence-corrected chi connectivity index (χ0v) is 11.4. The lowest BCUT2D eigenvalue weighted by Gasteiger charge is -2.10. The highest BCUT2D eigenvalue weighted by Gasteiger charge is 2.28. The Kier molecular flexibility index (Phi) is 4.04. The van der Waals surface area contributed by atoms with Crippen molar-refractivity contribution in [3.05, 3.63) is 29.0 Å². The van der Waals surface area contributed by atoms with Gasteiger partial charge in [-0.05, 0) is 24.1 Å². The monoisotopic (exact) mass is 284 g/mol. The molecule has 0 bridgehead atoms. The molecule has 0 spiro atoms. The minimum Gasteiger partial charge on any atom is -0.391 e. The van der Waals surface area contributed by atoms with Crippen LogP contribution < -0.4 is 5.32 Å². The van der Waals surface area contributed by atoms with Crippen molar-refractivity contribution in [1.29, 1.82) is 0 Å². The summed E-state index contributed by atoms with van der Waals surface area (Å²) < 4.78 is 13.0. The van der Waals surface area contributed by atoms with Gasteiger partial charge in [-0.3, -0.25) is 4.79 Å². The number of carbonyl (C=O) groups is 1. The van der Waals surface area contributed by atoms with E-state index in [4.69, 9.17) is 16.4 Å². The second kappa shape index (κ2) is 5.57. The summed E-state index contributed by atoms with van der Waals surface area (Å²) in [7, 11) is 0. The maximum absolute atomic E-state index is 13.0. The molecule has 2 rings (SSSR count). The van der Waals surface area contributed by atoms with Crippen molar-refractivity contribution >= 4 is 28.9 Å². The van der Waals surface area contributed by atoms with E-state index in [-0.39, 0.29) is 23.0 Å². The van der Waals surface area contributed by atoms with Crippen LogP contribution in [-0.4, -0.2) is 17.7 Å². The van der Waals surface area contributed by atoms with Gasteiger partial charge in [0.25, 0.3) is 5.91 Å². The number of halogens is 2. The number of hydrogen-bond acceptors (Lipinski definition) is 3. The Balaban J connectivity index is 2.00. The molecule has 102 valence electrons. The van der Waals surface area contributed by atoms with Gasteiger partial charge in [-0.15, -0.1) is 0 Å². The molecule has 0 fully saturated rings. The number of benzene rings is 1. The van der Waals surface area contributed by atoms with Gasteiger partial charge in [0.15, 0.2) is 0 Å². The third-order valence-corrected chi connectivity index (χ3v) is 3.17. The lowest BCUT2D eigenvalue weighted by Crippen LogP contribution is -2.24. The molecule has 0 saturated heterocycles. The number of hydrogen-bond donors (Lipinski definition) is 1. The minimum atomic E-state index is -0.527. The minimum absolute atomic E-state index is 0.0394. The Morgan fingerprint density at radius 3 is 2.89 bits per heavy atom. The Labute approximate surface area is 115 Å². The average molecular weight is 285 g/mol. The summed E-state index contributed by atoms with van der Waals surface area (Å²) in [6.07, 6.45) is 0.399. The fourth-order valence-electron chi connectivity index (χ4n) is 1.67. The number of carbonyl (C=O) groups excluding carboxylic acids is 1. The van der Waals surface area contributed by atoms with Crippen molar-refractivity contribution in [2.45, 2.75) is 26.4 Å². The van der Waals surface area contributed by atoms with Crippen LogP contribution >= 0.6 is 11.6 Å². The highest BCUT2D eigenvalue weighted by atomic mass is 35.5. The van der Waals surface area contributed by atoms with Gasteiger partial charge < -0.3 is 10.2 Å². The molecule has 0 radical (unpaired) electrons. The number of anilines is 1. The summed E-state index contributed by atoms with van der Waals surface area (Å²) in [6, 6.07) is 3.99. The summed E-state index contributed by atoms with van der Waals surface area (Å²) in [6.45, 7) is 4.00. The predicted molar refractivity (Wildman–Crippen MR) is 71.8 cm³/mol. The summed E-state index contributed by atoms with van der Waals surface area (Å²) >= 11 is 5.64. The molecule has 1 heterocycles. The molecule has 1 aromatic rings. The molecule has 0 aliphatic carbocycles. The van der Waals surface area contributed by atoms with Crippen LogP contribution in [0.15, 0.2) is 23.4 Å². The SMILES string of the molecule is CC(C)C1CC(C(=O)Nc2ccc(F)c(Cl)c2)=NO1. The number of nitrogens with one attached hydrogen (secondary N) is 1. The highest BCUT2D eigenvalue weighted by molar-refractivity contribution is 6.43. The first-order valence-corrected chi connectivity index (χ1v) is 6.34. The second-order valence-corrected chi connectivity index (χ2v) is 5.12. The fraction of sp³-hybridized carbons (Fsp3) is 0.385. The summed E-state index contributed by atoms with van der Waals surface area (Å²) in [4.78, 5) is 17.1. The molecule has 4 nitrogen and oxygen atoms in total. The van der Waals surface area contributed by atoms with Crippen molar-refractivity contribution in [1.82, 2.24) is 0 Å². The van der Waals surface area contributed by atoms with Crippen molar-refractivity contribution in [2.24, 2.45) is 11.1 Å². The Morgan fingerprint density at radius 2 is 2.32 bits per heavy atom. The van der Waals surface area contributed by atoms with Gasteiger partial charge in [-0.2, -0.15) is 0 Å². The Hall–Kier alpha value is -1.62. The predicted octanol–water partition coefficient (Wildman–Crippen LogP) is 3.22. The van der Waals surface area contributed by atoms with E-state index in [0.717, 1.165) is 0 Å². The number of oxime groups is 1. The van der Waals surface area contributed by atoms with Gasteiger partial charge in [-0.25, -0.2) is 4.39 Å². The molecule has 1 atom stereocenters. The molecule has 19 heavy (non-hydrogen) atoms. The third kappa shape index (κ3) is 3.23. The van der Waals surface area contributed by atoms with Crippen LogP contribution in [0.3, 0.4) is 0 Å². The molecule has 1 N–H and O–H groups in total. The van der Waals surface area contributed by atoms with Crippen LogP contribution in [-0.2, 0) is 9.63 Å². The molecule has 1 aromatic carbocycles. The van der Waals surface area contributed by atoms with E-state index in [1.54, 1.807) is 0 Å². The lowest BCUT2D eigenvalue weighted by atomic mass is 10.0. The van der Waals surface area contributed by atoms with Crippen LogP contribution in [0.4, 0.5) is 10.1 Å². The first kappa shape index (κ1) is 13.8. The van der Waals surface area contributed by atoms with E-state index in [9.17, 15) is 9.18 Å². The lowest BCUT2D eigenvalue weighted by molar-refractivity contribution is -0.110. The summed E-state index contributed by atoms with van der Waals surface area (Å²) in [5.41, 5.74) is 0.756. The van der Waals surface area contributed by atoms with Crippen molar-refractivity contribution in [3.8, 4) is 0 Å². The van der Waals surface area contributed by atoms with Crippen molar-refractivity contribution in [2.75, 3.05) is 5.32 Å². The average Bonchev–Trinajstić information content (AvgIpc) is 2.83. The van der Waals surface area contributed by atoms with E-state index in [2.05, 4.69) is 10.5 Å². The molecule has 1 unspecified atom stereocenters. The van der Waals surface area contributed by atoms with Crippen LogP contribution in [0.5, 0.6) is 0 Å². The van der Waals surface area contributed by atoms with Gasteiger partial charge >= 0.3 is 0 Å². The van der Waals surface area contributed by atoms with Crippen LogP contribution in [0.1, 0.15) is 20.3 Å². The third-order valence-electron chi connectivity index (χ3n) is 2.88. The van der Waals surface area contributed by atoms with Crippen LogP contribution in [0, 0.1) is 11.7 Å². The topological polar surface area (TPSA) is 50.7 Å². The van der Waals surface area contributed by atoms with Gasteiger partial charge in [-0.1, -0.05) is 30.6 Å². The molecule has 1 amide bonds. The molecular formula is C13H14ClFN2O2. The van der Waals surface area contributed by atoms with E-state index in [0.29, 0.717) is 17.8 Å². The largest absolute Gasteiger partial charge is 0.391 e. The summed E-state index contributed by atoms with van der Waals surface area (Å²) in [5, 5.41) is 6.34.